The molecule has 0 aliphatic heterocycles. The van der Waals surface area contributed by atoms with Gasteiger partial charge in [0, 0.05) is 18.0 Å². The summed E-state index contributed by atoms with van der Waals surface area (Å²) < 4.78 is 0. The molecule has 1 aromatic rings. The summed E-state index contributed by atoms with van der Waals surface area (Å²) in [4.78, 5) is 4.15. The number of hydrogen-bond donors (Lipinski definition) is 1. The highest BCUT2D eigenvalue weighted by Crippen LogP contribution is 2.38. The number of hydrogen-bond acceptors (Lipinski definition) is 2. The minimum Gasteiger partial charge on any atom is -0.388 e. The van der Waals surface area contributed by atoms with E-state index < -0.39 is 0 Å². The number of nitrogens with zero attached hydrogens (tertiary/aromatic N) is 1. The summed E-state index contributed by atoms with van der Waals surface area (Å²) in [6, 6.07) is 1.99. The number of aliphatic hydroxyl groups is 1. The fraction of sp³-hybridized carbons (Fsp3) is 0.688. The van der Waals surface area contributed by atoms with Gasteiger partial charge in [0.1, 0.15) is 0 Å². The molecule has 2 rings (SSSR count). The molecule has 100 valence electrons. The van der Waals surface area contributed by atoms with E-state index >= 15 is 0 Å². The third-order valence-corrected chi connectivity index (χ3v) is 4.43. The molecule has 2 nitrogen and oxygen atoms in total. The summed E-state index contributed by atoms with van der Waals surface area (Å²) in [5, 5.41) is 10.5. The number of aliphatic hydroxyl groups excluding tert-OH is 1. The second kappa shape index (κ2) is 6.33. The smallest absolute Gasteiger partial charge is 0.0835 e. The lowest BCUT2D eigenvalue weighted by Crippen LogP contribution is -2.21. The van der Waals surface area contributed by atoms with Gasteiger partial charge in [0.25, 0.3) is 0 Å². The maximum absolute atomic E-state index is 10.5. The Labute approximate surface area is 110 Å². The molecule has 1 fully saturated rings. The molecule has 0 aromatic carbocycles. The predicted octanol–water partition coefficient (Wildman–Crippen LogP) is 4.03. The van der Waals surface area contributed by atoms with Gasteiger partial charge in [-0.1, -0.05) is 32.6 Å². The third kappa shape index (κ3) is 3.11. The molecule has 1 heterocycles. The monoisotopic (exact) mass is 247 g/mol. The highest BCUT2D eigenvalue weighted by molar-refractivity contribution is 5.24. The number of pyridine rings is 1. The fourth-order valence-corrected chi connectivity index (χ4v) is 3.24. The van der Waals surface area contributed by atoms with Gasteiger partial charge in [-0.2, -0.15) is 0 Å². The summed E-state index contributed by atoms with van der Waals surface area (Å²) in [7, 11) is 0. The summed E-state index contributed by atoms with van der Waals surface area (Å²) in [5.74, 6) is 1.33. The lowest BCUT2D eigenvalue weighted by molar-refractivity contribution is 0.0715. The second-order valence-corrected chi connectivity index (χ2v) is 5.75. The van der Waals surface area contributed by atoms with Crippen molar-refractivity contribution in [2.24, 2.45) is 11.8 Å². The van der Waals surface area contributed by atoms with Crippen molar-refractivity contribution in [3.8, 4) is 0 Å². The number of aromatic nitrogens is 1. The largest absolute Gasteiger partial charge is 0.388 e. The summed E-state index contributed by atoms with van der Waals surface area (Å²) in [6.07, 6.45) is 10.9. The van der Waals surface area contributed by atoms with E-state index in [2.05, 4.69) is 18.8 Å². The Bertz CT molecular complexity index is 369. The topological polar surface area (TPSA) is 33.1 Å². The Morgan fingerprint density at radius 2 is 2.06 bits per heavy atom. The quantitative estimate of drug-likeness (QED) is 0.871. The van der Waals surface area contributed by atoms with Crippen LogP contribution in [0.2, 0.25) is 0 Å². The zero-order valence-corrected chi connectivity index (χ0v) is 11.6. The van der Waals surface area contributed by atoms with Crippen LogP contribution in [0, 0.1) is 18.8 Å². The molecule has 18 heavy (non-hydrogen) atoms. The van der Waals surface area contributed by atoms with Crippen molar-refractivity contribution in [2.45, 2.75) is 58.5 Å². The van der Waals surface area contributed by atoms with Crippen LogP contribution in [0.5, 0.6) is 0 Å². The van der Waals surface area contributed by atoms with E-state index in [4.69, 9.17) is 0 Å². The van der Waals surface area contributed by atoms with Crippen molar-refractivity contribution in [3.05, 3.63) is 29.6 Å². The van der Waals surface area contributed by atoms with Crippen LogP contribution >= 0.6 is 0 Å². The molecule has 0 amide bonds. The minimum atomic E-state index is -0.318. The lowest BCUT2D eigenvalue weighted by atomic mass is 9.76. The molecule has 1 aliphatic rings. The van der Waals surface area contributed by atoms with Gasteiger partial charge in [-0.25, -0.2) is 0 Å². The van der Waals surface area contributed by atoms with Crippen molar-refractivity contribution in [1.82, 2.24) is 4.98 Å². The number of rotatable bonds is 4. The van der Waals surface area contributed by atoms with Gasteiger partial charge < -0.3 is 5.11 Å². The summed E-state index contributed by atoms with van der Waals surface area (Å²) >= 11 is 0. The van der Waals surface area contributed by atoms with Crippen molar-refractivity contribution >= 4 is 0 Å². The maximum atomic E-state index is 10.5. The molecule has 0 radical (unpaired) electrons. The van der Waals surface area contributed by atoms with Crippen LogP contribution in [0.15, 0.2) is 18.5 Å². The molecule has 0 spiro atoms. The van der Waals surface area contributed by atoms with E-state index in [1.807, 2.05) is 12.3 Å². The van der Waals surface area contributed by atoms with Crippen LogP contribution in [0.1, 0.15) is 62.7 Å². The highest BCUT2D eigenvalue weighted by Gasteiger charge is 2.27. The molecule has 1 aromatic heterocycles. The normalized spacial score (nSPS) is 25.9. The first-order valence-corrected chi connectivity index (χ1v) is 7.31. The number of aryl methyl sites for hydroxylation is 1. The van der Waals surface area contributed by atoms with Gasteiger partial charge in [-0.15, -0.1) is 0 Å². The molecule has 0 bridgehead atoms. The van der Waals surface area contributed by atoms with E-state index in [0.717, 1.165) is 17.0 Å². The van der Waals surface area contributed by atoms with Gasteiger partial charge in [-0.3, -0.25) is 4.98 Å². The first kappa shape index (κ1) is 13.5. The zero-order chi connectivity index (χ0) is 13.0. The fourth-order valence-electron chi connectivity index (χ4n) is 3.24. The second-order valence-electron chi connectivity index (χ2n) is 5.75. The third-order valence-electron chi connectivity index (χ3n) is 4.43. The van der Waals surface area contributed by atoms with Gasteiger partial charge in [0.05, 0.1) is 6.10 Å². The Morgan fingerprint density at radius 1 is 1.33 bits per heavy atom. The molecular weight excluding hydrogens is 222 g/mol. The van der Waals surface area contributed by atoms with E-state index in [-0.39, 0.29) is 6.10 Å². The van der Waals surface area contributed by atoms with E-state index in [1.165, 1.54) is 38.5 Å². The molecule has 1 atom stereocenters. The Morgan fingerprint density at radius 3 is 2.67 bits per heavy atom. The Balaban J connectivity index is 1.95. The molecule has 2 heteroatoms. The molecule has 1 saturated carbocycles. The van der Waals surface area contributed by atoms with Crippen LogP contribution in [0.4, 0.5) is 0 Å². The van der Waals surface area contributed by atoms with Crippen molar-refractivity contribution in [2.75, 3.05) is 0 Å². The first-order valence-electron chi connectivity index (χ1n) is 7.31. The van der Waals surface area contributed by atoms with Crippen molar-refractivity contribution < 1.29 is 5.11 Å². The van der Waals surface area contributed by atoms with Crippen LogP contribution < -0.4 is 0 Å². The molecule has 1 unspecified atom stereocenters. The molecular formula is C16H25NO. The summed E-state index contributed by atoms with van der Waals surface area (Å²) in [5.41, 5.74) is 2.18. The van der Waals surface area contributed by atoms with Crippen LogP contribution in [-0.2, 0) is 0 Å². The Hall–Kier alpha value is -0.890. The van der Waals surface area contributed by atoms with E-state index in [1.54, 1.807) is 6.20 Å². The van der Waals surface area contributed by atoms with Crippen LogP contribution in [0.25, 0.3) is 0 Å². The van der Waals surface area contributed by atoms with Crippen LogP contribution in [-0.4, -0.2) is 10.1 Å². The average Bonchev–Trinajstić information content (AvgIpc) is 2.40. The maximum Gasteiger partial charge on any atom is 0.0835 e. The SMILES string of the molecule is CCCC1CCC(C(O)c2cnccc2C)CC1. The Kier molecular flexibility index (Phi) is 4.76. The van der Waals surface area contributed by atoms with E-state index in [9.17, 15) is 5.11 Å². The van der Waals surface area contributed by atoms with Gasteiger partial charge >= 0.3 is 0 Å². The van der Waals surface area contributed by atoms with Crippen molar-refractivity contribution in [3.63, 3.8) is 0 Å². The molecule has 0 saturated heterocycles. The predicted molar refractivity (Wildman–Crippen MR) is 74.3 cm³/mol. The van der Waals surface area contributed by atoms with Crippen molar-refractivity contribution in [1.29, 1.82) is 0 Å². The average molecular weight is 247 g/mol. The van der Waals surface area contributed by atoms with Gasteiger partial charge in [-0.05, 0) is 43.2 Å². The van der Waals surface area contributed by atoms with Gasteiger partial charge in [0.15, 0.2) is 0 Å². The summed E-state index contributed by atoms with van der Waals surface area (Å²) in [6.45, 7) is 4.32. The van der Waals surface area contributed by atoms with Crippen LogP contribution in [0.3, 0.4) is 0 Å². The zero-order valence-electron chi connectivity index (χ0n) is 11.6. The standard InChI is InChI=1S/C16H25NO/c1-3-4-13-5-7-14(8-6-13)16(18)15-11-17-10-9-12(15)2/h9-11,13-14,16,18H,3-8H2,1-2H3. The minimum absolute atomic E-state index is 0.318. The van der Waals surface area contributed by atoms with E-state index in [0.29, 0.717) is 5.92 Å². The highest BCUT2D eigenvalue weighted by atomic mass is 16.3. The van der Waals surface area contributed by atoms with Gasteiger partial charge in [0.2, 0.25) is 0 Å². The lowest BCUT2D eigenvalue weighted by Gasteiger charge is -2.32. The molecule has 1 N–H and O–H groups in total. The first-order chi connectivity index (χ1) is 8.72. The molecule has 1 aliphatic carbocycles.